The Kier molecular flexibility index (Phi) is 10.3. The Balaban J connectivity index is 0.00000256. The van der Waals surface area contributed by atoms with Crippen LogP contribution < -0.4 is 42.5 Å². The number of ether oxygens (including phenoxy) is 1. The van der Waals surface area contributed by atoms with Gasteiger partial charge >= 0.3 is 37.7 Å². The Labute approximate surface area is 209 Å². The molecule has 0 radical (unpaired) electrons. The van der Waals surface area contributed by atoms with Gasteiger partial charge in [0.25, 0.3) is 10.1 Å². The fraction of sp³-hybridized carbons (Fsp3) is 0.100. The molecular formula is C20H18Li2N4O5S+2. The number of rotatable bonds is 6. The average molecular weight is 440 g/mol. The van der Waals surface area contributed by atoms with Crippen LogP contribution >= 0.6 is 0 Å². The fourth-order valence-electron chi connectivity index (χ4n) is 2.45. The fourth-order valence-corrected chi connectivity index (χ4v) is 2.97. The van der Waals surface area contributed by atoms with Gasteiger partial charge in [-0.15, -0.1) is 5.11 Å². The van der Waals surface area contributed by atoms with Crippen LogP contribution in [0.1, 0.15) is 5.56 Å². The number of aromatic hydroxyl groups is 1. The second kappa shape index (κ2) is 12.0. The number of phenolic OH excluding ortho intramolecular Hbond substituents is 1. The van der Waals surface area contributed by atoms with Crippen LogP contribution in [-0.4, -0.2) is 25.2 Å². The van der Waals surface area contributed by atoms with Crippen molar-refractivity contribution in [1.29, 1.82) is 0 Å². The van der Waals surface area contributed by atoms with Crippen molar-refractivity contribution in [3.8, 4) is 11.5 Å². The van der Waals surface area contributed by atoms with E-state index in [0.29, 0.717) is 28.4 Å². The van der Waals surface area contributed by atoms with E-state index in [-0.39, 0.29) is 54.1 Å². The largest absolute Gasteiger partial charge is 1.00 e. The van der Waals surface area contributed by atoms with E-state index in [0.717, 1.165) is 0 Å². The Morgan fingerprint density at radius 1 is 0.812 bits per heavy atom. The maximum absolute atomic E-state index is 11.2. The van der Waals surface area contributed by atoms with Crippen LogP contribution in [0.15, 0.2) is 86.0 Å². The molecule has 0 saturated carbocycles. The summed E-state index contributed by atoms with van der Waals surface area (Å²) in [6.45, 7) is 1.76. The molecule has 0 saturated heterocycles. The molecule has 3 rings (SSSR count). The van der Waals surface area contributed by atoms with Crippen molar-refractivity contribution in [2.24, 2.45) is 20.5 Å². The van der Waals surface area contributed by atoms with Crippen LogP contribution in [0.3, 0.4) is 0 Å². The van der Waals surface area contributed by atoms with E-state index >= 15 is 0 Å². The van der Waals surface area contributed by atoms with Gasteiger partial charge in [-0.25, -0.2) is 0 Å². The number of phenols is 1. The van der Waals surface area contributed by atoms with Crippen LogP contribution in [0.25, 0.3) is 0 Å². The number of methoxy groups -OCH3 is 1. The normalized spacial score (nSPS) is 11.2. The number of hydrogen-bond donors (Lipinski definition) is 2. The zero-order chi connectivity index (χ0) is 21.7. The van der Waals surface area contributed by atoms with E-state index in [1.807, 2.05) is 0 Å². The maximum Gasteiger partial charge on any atom is 1.00 e. The molecule has 0 fully saturated rings. The molecule has 154 valence electrons. The first-order chi connectivity index (χ1) is 14.3. The molecule has 12 heteroatoms. The number of nitrogens with zero attached hydrogens (tertiary/aromatic N) is 4. The summed E-state index contributed by atoms with van der Waals surface area (Å²) in [5.74, 6) is 0.598. The molecule has 0 aliphatic carbocycles. The number of azo groups is 2. The molecule has 3 aromatic rings. The zero-order valence-electron chi connectivity index (χ0n) is 18.1. The zero-order valence-corrected chi connectivity index (χ0v) is 18.9. The van der Waals surface area contributed by atoms with Gasteiger partial charge in [-0.2, -0.15) is 23.8 Å². The van der Waals surface area contributed by atoms with Crippen molar-refractivity contribution in [3.05, 3.63) is 66.2 Å². The third kappa shape index (κ3) is 7.32. The summed E-state index contributed by atoms with van der Waals surface area (Å²) in [5.41, 5.74) is 2.44. The Hall–Kier alpha value is -2.44. The monoisotopic (exact) mass is 440 g/mol. The molecule has 0 atom stereocenters. The summed E-state index contributed by atoms with van der Waals surface area (Å²) in [6, 6.07) is 15.3. The van der Waals surface area contributed by atoms with Crippen molar-refractivity contribution in [2.45, 2.75) is 11.8 Å². The summed E-state index contributed by atoms with van der Waals surface area (Å²) in [6.07, 6.45) is 0. The van der Waals surface area contributed by atoms with Crippen LogP contribution in [0.5, 0.6) is 11.5 Å². The summed E-state index contributed by atoms with van der Waals surface area (Å²) in [4.78, 5) is -0.267. The van der Waals surface area contributed by atoms with Gasteiger partial charge in [0.15, 0.2) is 0 Å². The number of benzene rings is 3. The van der Waals surface area contributed by atoms with Crippen molar-refractivity contribution < 1.29 is 60.5 Å². The third-order valence-electron chi connectivity index (χ3n) is 4.01. The second-order valence-electron chi connectivity index (χ2n) is 6.20. The van der Waals surface area contributed by atoms with Crippen LogP contribution in [0.4, 0.5) is 22.7 Å². The minimum Gasteiger partial charge on any atom is -0.508 e. The minimum atomic E-state index is -4.32. The summed E-state index contributed by atoms with van der Waals surface area (Å²) in [5, 5.41) is 25.9. The molecular weight excluding hydrogens is 422 g/mol. The van der Waals surface area contributed by atoms with Crippen molar-refractivity contribution in [3.63, 3.8) is 0 Å². The van der Waals surface area contributed by atoms with Crippen LogP contribution in [0.2, 0.25) is 0 Å². The van der Waals surface area contributed by atoms with E-state index < -0.39 is 10.1 Å². The van der Waals surface area contributed by atoms with Gasteiger partial charge in [-0.3, -0.25) is 4.55 Å². The summed E-state index contributed by atoms with van der Waals surface area (Å²) >= 11 is 0. The van der Waals surface area contributed by atoms with Gasteiger partial charge in [0.05, 0.1) is 29.1 Å². The molecule has 0 aliphatic rings. The second-order valence-corrected chi connectivity index (χ2v) is 7.62. The molecule has 2 N–H and O–H groups in total. The molecule has 3 aromatic carbocycles. The van der Waals surface area contributed by atoms with Crippen molar-refractivity contribution >= 4 is 32.9 Å². The quantitative estimate of drug-likeness (QED) is 0.311. The first-order valence-corrected chi connectivity index (χ1v) is 10.1. The summed E-state index contributed by atoms with van der Waals surface area (Å²) in [7, 11) is -2.84. The average Bonchev–Trinajstić information content (AvgIpc) is 2.73. The molecule has 0 aliphatic heterocycles. The van der Waals surface area contributed by atoms with Gasteiger partial charge in [0.2, 0.25) is 0 Å². The molecule has 0 spiro atoms. The molecule has 9 nitrogen and oxygen atoms in total. The van der Waals surface area contributed by atoms with E-state index in [1.165, 1.54) is 25.3 Å². The minimum absolute atomic E-state index is 0. The standard InChI is InChI=1S/C20H18N4O5S.2Li/c1-13-10-15(7-9-19(13)25)23-24-18-8-6-16(12-20(18)29-2)22-21-14-4-3-5-17(11-14)30(26,27)28;;/h3-12,25H,1-2H3,(H,26,27,28);;/q;2*+1. The molecule has 0 heterocycles. The van der Waals surface area contributed by atoms with Crippen molar-refractivity contribution in [1.82, 2.24) is 0 Å². The van der Waals surface area contributed by atoms with E-state index in [1.54, 1.807) is 49.4 Å². The topological polar surface area (TPSA) is 133 Å². The van der Waals surface area contributed by atoms with Gasteiger partial charge < -0.3 is 9.84 Å². The van der Waals surface area contributed by atoms with Gasteiger partial charge in [0, 0.05) is 6.07 Å². The SMILES string of the molecule is COc1cc(N=Nc2cccc(S(=O)(=O)O)c2)ccc1N=Nc1ccc(O)c(C)c1.[Li+].[Li+]. The van der Waals surface area contributed by atoms with E-state index in [2.05, 4.69) is 20.5 Å². The van der Waals surface area contributed by atoms with E-state index in [4.69, 9.17) is 9.29 Å². The molecule has 0 bridgehead atoms. The predicted molar refractivity (Wildman–Crippen MR) is 110 cm³/mol. The van der Waals surface area contributed by atoms with Crippen LogP contribution in [0, 0.1) is 6.92 Å². The Bertz CT molecular complexity index is 1250. The first kappa shape index (κ1) is 27.6. The Morgan fingerprint density at radius 3 is 2.03 bits per heavy atom. The molecule has 0 unspecified atom stereocenters. The van der Waals surface area contributed by atoms with Gasteiger partial charge in [0.1, 0.15) is 17.2 Å². The molecule has 0 amide bonds. The van der Waals surface area contributed by atoms with Crippen molar-refractivity contribution in [2.75, 3.05) is 7.11 Å². The number of hydrogen-bond acceptors (Lipinski definition) is 8. The Morgan fingerprint density at radius 2 is 1.41 bits per heavy atom. The van der Waals surface area contributed by atoms with Gasteiger partial charge in [-0.1, -0.05) is 6.07 Å². The molecule has 0 aromatic heterocycles. The summed E-state index contributed by atoms with van der Waals surface area (Å²) < 4.78 is 36.9. The van der Waals surface area contributed by atoms with Crippen LogP contribution in [-0.2, 0) is 10.1 Å². The molecule has 32 heavy (non-hydrogen) atoms. The predicted octanol–water partition coefficient (Wildman–Crippen LogP) is -0.205. The number of aryl methyl sites for hydroxylation is 1. The van der Waals surface area contributed by atoms with E-state index in [9.17, 15) is 13.5 Å². The first-order valence-electron chi connectivity index (χ1n) is 8.65. The third-order valence-corrected chi connectivity index (χ3v) is 4.86. The van der Waals surface area contributed by atoms with Gasteiger partial charge in [-0.05, 0) is 61.0 Å². The smallest absolute Gasteiger partial charge is 0.508 e. The maximum atomic E-state index is 11.2.